The molecule has 1 heterocycles. The van der Waals surface area contributed by atoms with Crippen molar-refractivity contribution >= 4 is 15.7 Å². The van der Waals surface area contributed by atoms with Crippen molar-refractivity contribution in [3.05, 3.63) is 65.7 Å². The largest absolute Gasteiger partial charge is 0.366 e. The smallest absolute Gasteiger partial charge is 0.254 e. The summed E-state index contributed by atoms with van der Waals surface area (Å²) < 4.78 is 29.6. The molecule has 1 saturated heterocycles. The van der Waals surface area contributed by atoms with Crippen LogP contribution in [0.4, 0.5) is 0 Å². The van der Waals surface area contributed by atoms with Crippen molar-refractivity contribution in [3.63, 3.8) is 0 Å². The highest BCUT2D eigenvalue weighted by atomic mass is 32.2. The molecule has 0 radical (unpaired) electrons. The molecule has 5 nitrogen and oxygen atoms in total. The summed E-state index contributed by atoms with van der Waals surface area (Å²) in [5.41, 5.74) is 1.58. The van der Waals surface area contributed by atoms with Crippen molar-refractivity contribution in [1.29, 1.82) is 0 Å². The van der Waals surface area contributed by atoms with Crippen LogP contribution in [0.5, 0.6) is 0 Å². The first-order valence-corrected chi connectivity index (χ1v) is 11.1. The summed E-state index contributed by atoms with van der Waals surface area (Å²) in [6.07, 6.45) is 3.39. The van der Waals surface area contributed by atoms with E-state index in [2.05, 4.69) is 0 Å². The van der Waals surface area contributed by atoms with E-state index in [-0.39, 0.29) is 23.0 Å². The Balaban J connectivity index is 1.56. The van der Waals surface area contributed by atoms with Gasteiger partial charge in [-0.2, -0.15) is 0 Å². The average molecular weight is 385 g/mol. The van der Waals surface area contributed by atoms with E-state index < -0.39 is 9.84 Å². The van der Waals surface area contributed by atoms with E-state index in [1.165, 1.54) is 12.1 Å². The van der Waals surface area contributed by atoms with E-state index in [9.17, 15) is 13.2 Å². The maximum Gasteiger partial charge on any atom is 0.254 e. The van der Waals surface area contributed by atoms with Gasteiger partial charge in [0, 0.05) is 18.4 Å². The zero-order valence-electron chi connectivity index (χ0n) is 15.2. The Bertz CT molecular complexity index is 920. The van der Waals surface area contributed by atoms with E-state index in [0.717, 1.165) is 24.7 Å². The van der Waals surface area contributed by atoms with Crippen molar-refractivity contribution in [1.82, 2.24) is 4.90 Å². The first kappa shape index (κ1) is 18.2. The van der Waals surface area contributed by atoms with Crippen molar-refractivity contribution in [2.24, 2.45) is 5.92 Å². The number of rotatable bonds is 4. The van der Waals surface area contributed by atoms with Crippen LogP contribution in [0.2, 0.25) is 0 Å². The van der Waals surface area contributed by atoms with Crippen LogP contribution in [0.15, 0.2) is 59.5 Å². The second kappa shape index (κ2) is 7.09. The number of carbonyl (C=O) groups is 1. The van der Waals surface area contributed by atoms with Crippen LogP contribution in [-0.4, -0.2) is 44.7 Å². The lowest BCUT2D eigenvalue weighted by atomic mass is 10.0. The van der Waals surface area contributed by atoms with Gasteiger partial charge in [0.2, 0.25) is 0 Å². The number of sulfone groups is 1. The molecule has 0 bridgehead atoms. The summed E-state index contributed by atoms with van der Waals surface area (Å²) in [6, 6.07) is 16.2. The van der Waals surface area contributed by atoms with Gasteiger partial charge in [-0.1, -0.05) is 30.3 Å². The molecule has 2 atom stereocenters. The van der Waals surface area contributed by atoms with E-state index in [1.54, 1.807) is 12.1 Å². The number of ether oxygens (including phenoxy) is 1. The highest BCUT2D eigenvalue weighted by molar-refractivity contribution is 7.90. The number of amides is 1. The standard InChI is InChI=1S/C21H23NO4S/c1-27(24,25)18-11-9-17(10-12-18)21(23)22-13-19(15-5-3-2-4-6-15)26-20(14-22)16-7-8-16/h2-6,9-12,16,19-20H,7-8,13-14H2,1H3/t19-,20+/m0/s1. The van der Waals surface area contributed by atoms with Gasteiger partial charge in [0.15, 0.2) is 9.84 Å². The van der Waals surface area contributed by atoms with Gasteiger partial charge in [-0.3, -0.25) is 4.79 Å². The Labute approximate surface area is 159 Å². The van der Waals surface area contributed by atoms with Gasteiger partial charge in [0.25, 0.3) is 5.91 Å². The maximum absolute atomic E-state index is 13.0. The van der Waals surface area contributed by atoms with Crippen LogP contribution in [0.1, 0.15) is 34.9 Å². The molecule has 6 heteroatoms. The predicted octanol–water partition coefficient (Wildman–Crippen LogP) is 3.08. The Morgan fingerprint density at radius 1 is 1.00 bits per heavy atom. The number of benzene rings is 2. The van der Waals surface area contributed by atoms with Gasteiger partial charge in [-0.15, -0.1) is 0 Å². The van der Waals surface area contributed by atoms with Crippen LogP contribution in [0.3, 0.4) is 0 Å². The number of hydrogen-bond donors (Lipinski definition) is 0. The lowest BCUT2D eigenvalue weighted by Gasteiger charge is -2.38. The zero-order chi connectivity index (χ0) is 19.0. The summed E-state index contributed by atoms with van der Waals surface area (Å²) in [4.78, 5) is 15.1. The minimum atomic E-state index is -3.27. The first-order valence-electron chi connectivity index (χ1n) is 9.21. The molecule has 2 aliphatic rings. The Kier molecular flexibility index (Phi) is 4.78. The molecular weight excluding hydrogens is 362 g/mol. The molecule has 4 rings (SSSR count). The third-order valence-electron chi connectivity index (χ3n) is 5.26. The topological polar surface area (TPSA) is 63.7 Å². The summed E-state index contributed by atoms with van der Waals surface area (Å²) in [5.74, 6) is 0.448. The molecule has 142 valence electrons. The summed E-state index contributed by atoms with van der Waals surface area (Å²) >= 11 is 0. The normalized spacial score (nSPS) is 23.2. The van der Waals surface area contributed by atoms with E-state index in [4.69, 9.17) is 4.74 Å². The fourth-order valence-electron chi connectivity index (χ4n) is 3.56. The van der Waals surface area contributed by atoms with Crippen molar-refractivity contribution in [3.8, 4) is 0 Å². The molecule has 2 fully saturated rings. The lowest BCUT2D eigenvalue weighted by molar-refractivity contribution is -0.0864. The predicted molar refractivity (Wildman–Crippen MR) is 102 cm³/mol. The first-order chi connectivity index (χ1) is 12.9. The van der Waals surface area contributed by atoms with Crippen LogP contribution < -0.4 is 0 Å². The van der Waals surface area contributed by atoms with Gasteiger partial charge in [0.05, 0.1) is 17.5 Å². The molecule has 2 aromatic rings. The maximum atomic E-state index is 13.0. The molecule has 1 aliphatic carbocycles. The Morgan fingerprint density at radius 3 is 2.26 bits per heavy atom. The van der Waals surface area contributed by atoms with Crippen LogP contribution >= 0.6 is 0 Å². The number of morpholine rings is 1. The monoisotopic (exact) mass is 385 g/mol. The highest BCUT2D eigenvalue weighted by Crippen LogP contribution is 2.39. The number of nitrogens with zero attached hydrogens (tertiary/aromatic N) is 1. The van der Waals surface area contributed by atoms with Gasteiger partial charge >= 0.3 is 0 Å². The van der Waals surface area contributed by atoms with Crippen molar-refractivity contribution < 1.29 is 17.9 Å². The molecule has 0 N–H and O–H groups in total. The Hall–Kier alpha value is -2.18. The van der Waals surface area contributed by atoms with E-state index >= 15 is 0 Å². The molecule has 1 aliphatic heterocycles. The van der Waals surface area contributed by atoms with E-state index in [0.29, 0.717) is 24.6 Å². The highest BCUT2D eigenvalue weighted by Gasteiger charge is 2.40. The fraction of sp³-hybridized carbons (Fsp3) is 0.381. The van der Waals surface area contributed by atoms with Crippen LogP contribution in [0.25, 0.3) is 0 Å². The molecule has 0 unspecified atom stereocenters. The van der Waals surface area contributed by atoms with Gasteiger partial charge in [-0.05, 0) is 48.6 Å². The minimum Gasteiger partial charge on any atom is -0.366 e. The van der Waals surface area contributed by atoms with Crippen molar-refractivity contribution in [2.45, 2.75) is 29.9 Å². The molecule has 0 aromatic heterocycles. The van der Waals surface area contributed by atoms with Gasteiger partial charge in [-0.25, -0.2) is 8.42 Å². The summed E-state index contributed by atoms with van der Waals surface area (Å²) in [7, 11) is -3.27. The molecule has 1 amide bonds. The molecule has 2 aromatic carbocycles. The minimum absolute atomic E-state index is 0.0585. The average Bonchev–Trinajstić information content (AvgIpc) is 3.52. The molecular formula is C21H23NO4S. The van der Waals surface area contributed by atoms with Crippen LogP contribution in [-0.2, 0) is 14.6 Å². The third kappa shape index (κ3) is 4.06. The third-order valence-corrected chi connectivity index (χ3v) is 6.39. The lowest BCUT2D eigenvalue weighted by Crippen LogP contribution is -2.47. The van der Waals surface area contributed by atoms with Gasteiger partial charge in [0.1, 0.15) is 6.10 Å². The number of carbonyl (C=O) groups excluding carboxylic acids is 1. The molecule has 27 heavy (non-hydrogen) atoms. The zero-order valence-corrected chi connectivity index (χ0v) is 16.1. The fourth-order valence-corrected chi connectivity index (χ4v) is 4.19. The second-order valence-electron chi connectivity index (χ2n) is 7.42. The molecule has 0 spiro atoms. The second-order valence-corrected chi connectivity index (χ2v) is 9.43. The quantitative estimate of drug-likeness (QED) is 0.811. The number of hydrogen-bond acceptors (Lipinski definition) is 4. The SMILES string of the molecule is CS(=O)(=O)c1ccc(C(=O)N2C[C@@H](c3ccccc3)O[C@@H](C3CC3)C2)cc1. The summed E-state index contributed by atoms with van der Waals surface area (Å²) in [5, 5.41) is 0. The van der Waals surface area contributed by atoms with Gasteiger partial charge < -0.3 is 9.64 Å². The van der Waals surface area contributed by atoms with E-state index in [1.807, 2.05) is 35.2 Å². The molecule has 1 saturated carbocycles. The summed E-state index contributed by atoms with van der Waals surface area (Å²) in [6.45, 7) is 1.08. The Morgan fingerprint density at radius 2 is 1.67 bits per heavy atom. The van der Waals surface area contributed by atoms with Crippen LogP contribution in [0, 0.1) is 5.92 Å². The van der Waals surface area contributed by atoms with Crippen molar-refractivity contribution in [2.75, 3.05) is 19.3 Å².